The van der Waals surface area contributed by atoms with E-state index in [0.29, 0.717) is 12.3 Å². The molecular formula is C14H21NO3. The third kappa shape index (κ3) is 3.34. The summed E-state index contributed by atoms with van der Waals surface area (Å²) in [6.45, 7) is 5.55. The molecule has 1 fully saturated rings. The number of carbonyl (C=O) groups excluding carboxylic acids is 2. The van der Waals surface area contributed by atoms with Crippen LogP contribution in [0.2, 0.25) is 0 Å². The van der Waals surface area contributed by atoms with E-state index in [1.54, 1.807) is 6.08 Å². The van der Waals surface area contributed by atoms with Gasteiger partial charge in [0.25, 0.3) is 0 Å². The van der Waals surface area contributed by atoms with Crippen molar-refractivity contribution in [2.24, 2.45) is 5.92 Å². The zero-order chi connectivity index (χ0) is 13.3. The molecule has 0 radical (unpaired) electrons. The summed E-state index contributed by atoms with van der Waals surface area (Å²) >= 11 is 0. The van der Waals surface area contributed by atoms with Gasteiger partial charge in [0.1, 0.15) is 5.60 Å². The van der Waals surface area contributed by atoms with Crippen molar-refractivity contribution in [2.45, 2.75) is 58.1 Å². The van der Waals surface area contributed by atoms with Gasteiger partial charge in [-0.05, 0) is 52.0 Å². The third-order valence-electron chi connectivity index (χ3n) is 3.38. The molecule has 0 aromatic carbocycles. The molecule has 4 heteroatoms. The van der Waals surface area contributed by atoms with E-state index in [9.17, 15) is 9.59 Å². The van der Waals surface area contributed by atoms with Crippen molar-refractivity contribution in [3.8, 4) is 0 Å². The highest BCUT2D eigenvalue weighted by Gasteiger charge is 2.33. The molecule has 4 nitrogen and oxygen atoms in total. The van der Waals surface area contributed by atoms with Crippen LogP contribution in [-0.2, 0) is 9.53 Å². The van der Waals surface area contributed by atoms with Gasteiger partial charge in [-0.25, -0.2) is 4.79 Å². The summed E-state index contributed by atoms with van der Waals surface area (Å²) in [6, 6.07) is 0.113. The number of nitrogens with one attached hydrogen (secondary N) is 1. The molecule has 2 aliphatic rings. The van der Waals surface area contributed by atoms with Crippen molar-refractivity contribution < 1.29 is 14.3 Å². The van der Waals surface area contributed by atoms with Gasteiger partial charge in [-0.1, -0.05) is 5.57 Å². The number of hydrogen-bond acceptors (Lipinski definition) is 3. The van der Waals surface area contributed by atoms with Gasteiger partial charge in [-0.2, -0.15) is 0 Å². The number of hydrogen-bond donors (Lipinski definition) is 1. The molecule has 2 rings (SSSR count). The lowest BCUT2D eigenvalue weighted by Crippen LogP contribution is -2.37. The van der Waals surface area contributed by atoms with Crippen LogP contribution in [0.25, 0.3) is 0 Å². The van der Waals surface area contributed by atoms with Crippen molar-refractivity contribution in [1.29, 1.82) is 0 Å². The molecule has 1 saturated carbocycles. The lowest BCUT2D eigenvalue weighted by Gasteiger charge is -2.21. The van der Waals surface area contributed by atoms with Gasteiger partial charge < -0.3 is 10.1 Å². The summed E-state index contributed by atoms with van der Waals surface area (Å²) in [5.74, 6) is 0.696. The summed E-state index contributed by atoms with van der Waals surface area (Å²) in [5.41, 5.74) is 0.734. The Morgan fingerprint density at radius 2 is 2.17 bits per heavy atom. The van der Waals surface area contributed by atoms with Crippen molar-refractivity contribution in [3.63, 3.8) is 0 Å². The zero-order valence-corrected chi connectivity index (χ0v) is 11.3. The maximum absolute atomic E-state index is 11.7. The Hall–Kier alpha value is -1.32. The van der Waals surface area contributed by atoms with Crippen LogP contribution in [-0.4, -0.2) is 23.5 Å². The number of carbonyl (C=O) groups is 2. The average Bonchev–Trinajstić information content (AvgIpc) is 2.55. The fourth-order valence-corrected chi connectivity index (χ4v) is 2.69. The van der Waals surface area contributed by atoms with Crippen molar-refractivity contribution in [1.82, 2.24) is 5.32 Å². The van der Waals surface area contributed by atoms with Gasteiger partial charge in [0, 0.05) is 12.5 Å². The fraction of sp³-hybridized carbons (Fsp3) is 0.714. The van der Waals surface area contributed by atoms with Gasteiger partial charge >= 0.3 is 6.09 Å². The second-order valence-corrected chi connectivity index (χ2v) is 6.20. The predicted octanol–water partition coefficient (Wildman–Crippen LogP) is 2.58. The Morgan fingerprint density at radius 1 is 1.44 bits per heavy atom. The summed E-state index contributed by atoms with van der Waals surface area (Å²) < 4.78 is 5.24. The summed E-state index contributed by atoms with van der Waals surface area (Å²) in [7, 11) is 0. The monoisotopic (exact) mass is 251 g/mol. The predicted molar refractivity (Wildman–Crippen MR) is 68.2 cm³/mol. The van der Waals surface area contributed by atoms with E-state index in [1.807, 2.05) is 20.8 Å². The summed E-state index contributed by atoms with van der Waals surface area (Å²) in [4.78, 5) is 23.0. The smallest absolute Gasteiger partial charge is 0.407 e. The quantitative estimate of drug-likeness (QED) is 0.779. The topological polar surface area (TPSA) is 55.4 Å². The molecule has 2 aliphatic carbocycles. The lowest BCUT2D eigenvalue weighted by atomic mass is 9.90. The van der Waals surface area contributed by atoms with E-state index >= 15 is 0 Å². The third-order valence-corrected chi connectivity index (χ3v) is 3.38. The summed E-state index contributed by atoms with van der Waals surface area (Å²) in [6.07, 6.45) is 4.70. The van der Waals surface area contributed by atoms with Crippen LogP contribution in [0, 0.1) is 5.92 Å². The first-order chi connectivity index (χ1) is 8.33. The van der Waals surface area contributed by atoms with Crippen LogP contribution in [0.4, 0.5) is 4.79 Å². The van der Waals surface area contributed by atoms with Crippen LogP contribution in [0.3, 0.4) is 0 Å². The standard InChI is InChI=1S/C14H21NO3/c1-14(2,3)18-13(17)15-11-6-9-4-5-12(16)8-10(9)7-11/h8-9,11H,4-7H2,1-3H3,(H,15,17)/t9-,11+/m1/s1. The van der Waals surface area contributed by atoms with Gasteiger partial charge in [-0.15, -0.1) is 0 Å². The molecule has 0 saturated heterocycles. The minimum atomic E-state index is -0.468. The van der Waals surface area contributed by atoms with Crippen LogP contribution in [0.15, 0.2) is 11.6 Å². The van der Waals surface area contributed by atoms with E-state index in [1.165, 1.54) is 5.57 Å². The van der Waals surface area contributed by atoms with Gasteiger partial charge in [0.05, 0.1) is 0 Å². The van der Waals surface area contributed by atoms with Crippen LogP contribution < -0.4 is 5.32 Å². The first-order valence-corrected chi connectivity index (χ1v) is 6.56. The number of ether oxygens (including phenoxy) is 1. The molecule has 1 amide bonds. The van der Waals surface area contributed by atoms with Crippen molar-refractivity contribution >= 4 is 11.9 Å². The zero-order valence-electron chi connectivity index (χ0n) is 11.3. The molecular weight excluding hydrogens is 230 g/mol. The minimum Gasteiger partial charge on any atom is -0.444 e. The molecule has 0 spiro atoms. The van der Waals surface area contributed by atoms with Gasteiger partial charge in [0.15, 0.2) is 5.78 Å². The maximum Gasteiger partial charge on any atom is 0.407 e. The van der Waals surface area contributed by atoms with E-state index in [-0.39, 0.29) is 17.9 Å². The van der Waals surface area contributed by atoms with Crippen LogP contribution >= 0.6 is 0 Å². The van der Waals surface area contributed by atoms with Crippen LogP contribution in [0.1, 0.15) is 46.5 Å². The number of rotatable bonds is 1. The van der Waals surface area contributed by atoms with Crippen molar-refractivity contribution in [2.75, 3.05) is 0 Å². The maximum atomic E-state index is 11.7. The van der Waals surface area contributed by atoms with E-state index in [0.717, 1.165) is 19.3 Å². The second-order valence-electron chi connectivity index (χ2n) is 6.20. The van der Waals surface area contributed by atoms with E-state index in [4.69, 9.17) is 4.74 Å². The Bertz CT molecular complexity index is 392. The minimum absolute atomic E-state index is 0.113. The molecule has 0 aromatic heterocycles. The Labute approximate surface area is 108 Å². The molecule has 0 bridgehead atoms. The number of ketones is 1. The number of alkyl carbamates (subject to hydrolysis) is 1. The summed E-state index contributed by atoms with van der Waals surface area (Å²) in [5, 5.41) is 2.89. The molecule has 0 aromatic rings. The van der Waals surface area contributed by atoms with Crippen LogP contribution in [0.5, 0.6) is 0 Å². The molecule has 2 atom stereocenters. The Balaban J connectivity index is 1.88. The molecule has 1 N–H and O–H groups in total. The van der Waals surface area contributed by atoms with Crippen molar-refractivity contribution in [3.05, 3.63) is 11.6 Å². The molecule has 100 valence electrons. The molecule has 0 aliphatic heterocycles. The SMILES string of the molecule is CC(C)(C)OC(=O)N[C@@H]1CC2=CC(=O)CC[C@@H]2C1. The lowest BCUT2D eigenvalue weighted by molar-refractivity contribution is -0.115. The molecule has 0 unspecified atom stereocenters. The Kier molecular flexibility index (Phi) is 3.46. The first kappa shape index (κ1) is 13.1. The average molecular weight is 251 g/mol. The van der Waals surface area contributed by atoms with E-state index in [2.05, 4.69) is 5.32 Å². The molecule has 0 heterocycles. The number of allylic oxidation sites excluding steroid dienone is 1. The highest BCUT2D eigenvalue weighted by atomic mass is 16.6. The Morgan fingerprint density at radius 3 is 2.83 bits per heavy atom. The fourth-order valence-electron chi connectivity index (χ4n) is 2.69. The second kappa shape index (κ2) is 4.75. The molecule has 18 heavy (non-hydrogen) atoms. The number of amides is 1. The number of fused-ring (bicyclic) bond motifs is 1. The van der Waals surface area contributed by atoms with E-state index < -0.39 is 5.60 Å². The normalized spacial score (nSPS) is 27.5. The largest absolute Gasteiger partial charge is 0.444 e. The van der Waals surface area contributed by atoms with Gasteiger partial charge in [-0.3, -0.25) is 4.79 Å². The highest BCUT2D eigenvalue weighted by Crippen LogP contribution is 2.37. The first-order valence-electron chi connectivity index (χ1n) is 6.56. The highest BCUT2D eigenvalue weighted by molar-refractivity contribution is 5.91. The van der Waals surface area contributed by atoms with Gasteiger partial charge in [0.2, 0.25) is 0 Å².